The number of nitrogens with one attached hydrogen (secondary N) is 1. The molecule has 0 aliphatic rings. The molecule has 0 radical (unpaired) electrons. The molecule has 102 valence electrons. The van der Waals surface area contributed by atoms with Crippen LogP contribution in [-0.2, 0) is 13.0 Å². The van der Waals surface area contributed by atoms with E-state index in [4.69, 9.17) is 5.11 Å². The first-order valence-electron chi connectivity index (χ1n) is 6.28. The molecule has 2 N–H and O–H groups in total. The van der Waals surface area contributed by atoms with Crippen molar-refractivity contribution in [2.75, 3.05) is 19.7 Å². The van der Waals surface area contributed by atoms with Crippen molar-refractivity contribution in [3.63, 3.8) is 0 Å². The molecule has 18 heavy (non-hydrogen) atoms. The number of amides is 2. The Kier molecular flexibility index (Phi) is 6.67. The zero-order valence-corrected chi connectivity index (χ0v) is 11.8. The Morgan fingerprint density at radius 3 is 2.83 bits per heavy atom. The van der Waals surface area contributed by atoms with Crippen molar-refractivity contribution >= 4 is 17.4 Å². The van der Waals surface area contributed by atoms with Crippen LogP contribution in [-0.4, -0.2) is 40.7 Å². The summed E-state index contributed by atoms with van der Waals surface area (Å²) in [5, 5.41) is 12.6. The van der Waals surface area contributed by atoms with Crippen molar-refractivity contribution in [3.8, 4) is 0 Å². The number of hydrogen-bond acceptors (Lipinski definition) is 4. The lowest BCUT2D eigenvalue weighted by Gasteiger charge is -2.21. The first-order valence-corrected chi connectivity index (χ1v) is 7.10. The number of nitrogens with zero attached hydrogens (tertiary/aromatic N) is 2. The minimum absolute atomic E-state index is 0.00927. The van der Waals surface area contributed by atoms with Gasteiger partial charge < -0.3 is 15.3 Å². The molecule has 0 aliphatic heterocycles. The van der Waals surface area contributed by atoms with Gasteiger partial charge in [0, 0.05) is 24.2 Å². The van der Waals surface area contributed by atoms with Gasteiger partial charge in [-0.15, -0.1) is 11.3 Å². The third-order valence-corrected chi connectivity index (χ3v) is 3.63. The summed E-state index contributed by atoms with van der Waals surface area (Å²) in [4.78, 5) is 18.9. The third-order valence-electron chi connectivity index (χ3n) is 2.49. The average molecular weight is 271 g/mol. The highest BCUT2D eigenvalue weighted by Crippen LogP contribution is 2.12. The van der Waals surface area contributed by atoms with Crippen LogP contribution in [0.2, 0.25) is 0 Å². The smallest absolute Gasteiger partial charge is 0.317 e. The highest BCUT2D eigenvalue weighted by atomic mass is 32.1. The van der Waals surface area contributed by atoms with Gasteiger partial charge >= 0.3 is 6.03 Å². The van der Waals surface area contributed by atoms with Gasteiger partial charge in [0.25, 0.3) is 0 Å². The molecule has 0 unspecified atom stereocenters. The second kappa shape index (κ2) is 8.05. The van der Waals surface area contributed by atoms with Gasteiger partial charge in [0.05, 0.1) is 13.2 Å². The first kappa shape index (κ1) is 14.9. The van der Waals surface area contributed by atoms with Crippen LogP contribution in [0.4, 0.5) is 4.79 Å². The lowest BCUT2D eigenvalue weighted by atomic mass is 10.4. The van der Waals surface area contributed by atoms with E-state index < -0.39 is 0 Å². The molecule has 0 aromatic carbocycles. The van der Waals surface area contributed by atoms with Gasteiger partial charge in [-0.25, -0.2) is 9.78 Å². The number of thiazole rings is 1. The van der Waals surface area contributed by atoms with Gasteiger partial charge in [-0.3, -0.25) is 0 Å². The molecule has 5 nitrogen and oxygen atoms in total. The van der Waals surface area contributed by atoms with Crippen LogP contribution >= 0.6 is 11.3 Å². The van der Waals surface area contributed by atoms with Gasteiger partial charge in [0.1, 0.15) is 5.01 Å². The number of carbonyl (C=O) groups is 1. The monoisotopic (exact) mass is 271 g/mol. The summed E-state index contributed by atoms with van der Waals surface area (Å²) in [5.41, 5.74) is 0. The zero-order chi connectivity index (χ0) is 13.4. The summed E-state index contributed by atoms with van der Waals surface area (Å²) in [6, 6.07) is -0.140. The predicted octanol–water partition coefficient (Wildman–Crippen LogP) is 1.62. The highest BCUT2D eigenvalue weighted by Gasteiger charge is 2.11. The summed E-state index contributed by atoms with van der Waals surface area (Å²) < 4.78 is 0. The molecule has 0 atom stereocenters. The molecule has 0 spiro atoms. The van der Waals surface area contributed by atoms with Crippen LogP contribution in [0.5, 0.6) is 0 Å². The SMILES string of the molecule is CCCN(CCO)C(=O)NCc1ncc(CC)s1. The fraction of sp³-hybridized carbons (Fsp3) is 0.667. The Morgan fingerprint density at radius 2 is 2.28 bits per heavy atom. The van der Waals surface area contributed by atoms with E-state index in [0.29, 0.717) is 19.6 Å². The quantitative estimate of drug-likeness (QED) is 0.792. The van der Waals surface area contributed by atoms with Crippen molar-refractivity contribution in [2.24, 2.45) is 0 Å². The molecule has 0 saturated carbocycles. The van der Waals surface area contributed by atoms with Gasteiger partial charge in [-0.2, -0.15) is 0 Å². The van der Waals surface area contributed by atoms with E-state index in [-0.39, 0.29) is 12.6 Å². The first-order chi connectivity index (χ1) is 8.71. The second-order valence-corrected chi connectivity index (χ2v) is 5.14. The Hall–Kier alpha value is -1.14. The average Bonchev–Trinajstić information content (AvgIpc) is 2.83. The molecule has 1 heterocycles. The predicted molar refractivity (Wildman–Crippen MR) is 72.7 cm³/mol. The number of aryl methyl sites for hydroxylation is 1. The summed E-state index contributed by atoms with van der Waals surface area (Å²) in [6.07, 6.45) is 3.70. The molecule has 0 aliphatic carbocycles. The lowest BCUT2D eigenvalue weighted by Crippen LogP contribution is -2.41. The van der Waals surface area contributed by atoms with Gasteiger partial charge in [-0.1, -0.05) is 13.8 Å². The Bertz CT molecular complexity index is 362. The molecule has 0 bridgehead atoms. The van der Waals surface area contributed by atoms with E-state index in [9.17, 15) is 4.79 Å². The third kappa shape index (κ3) is 4.62. The van der Waals surface area contributed by atoms with Crippen molar-refractivity contribution < 1.29 is 9.90 Å². The fourth-order valence-corrected chi connectivity index (χ4v) is 2.36. The van der Waals surface area contributed by atoms with E-state index in [1.165, 1.54) is 4.88 Å². The van der Waals surface area contributed by atoms with Crippen molar-refractivity contribution in [1.29, 1.82) is 0 Å². The van der Waals surface area contributed by atoms with Crippen LogP contribution in [0.15, 0.2) is 6.20 Å². The number of carbonyl (C=O) groups excluding carboxylic acids is 1. The molecule has 1 aromatic heterocycles. The second-order valence-electron chi connectivity index (χ2n) is 3.94. The number of aliphatic hydroxyl groups excluding tert-OH is 1. The number of urea groups is 1. The number of aliphatic hydroxyl groups is 1. The molecule has 1 aromatic rings. The summed E-state index contributed by atoms with van der Waals surface area (Å²) in [7, 11) is 0. The van der Waals surface area contributed by atoms with E-state index in [1.54, 1.807) is 16.2 Å². The van der Waals surface area contributed by atoms with Gasteiger partial charge in [0.2, 0.25) is 0 Å². The normalized spacial score (nSPS) is 10.4. The molecule has 0 saturated heterocycles. The summed E-state index contributed by atoms with van der Waals surface area (Å²) in [5.74, 6) is 0. The molecular weight excluding hydrogens is 250 g/mol. The van der Waals surface area contributed by atoms with Crippen LogP contribution in [0.25, 0.3) is 0 Å². The standard InChI is InChI=1S/C12H21N3O2S/c1-3-5-15(6-7-16)12(17)14-9-11-13-8-10(4-2)18-11/h8,16H,3-7,9H2,1-2H3,(H,14,17). The highest BCUT2D eigenvalue weighted by molar-refractivity contribution is 7.11. The fourth-order valence-electron chi connectivity index (χ4n) is 1.56. The van der Waals surface area contributed by atoms with E-state index in [0.717, 1.165) is 17.8 Å². The Labute approximate surface area is 112 Å². The molecule has 6 heteroatoms. The topological polar surface area (TPSA) is 65.5 Å². The van der Waals surface area contributed by atoms with Crippen LogP contribution < -0.4 is 5.32 Å². The van der Waals surface area contributed by atoms with Crippen molar-refractivity contribution in [1.82, 2.24) is 15.2 Å². The number of hydrogen-bond donors (Lipinski definition) is 2. The van der Waals surface area contributed by atoms with Gasteiger partial charge in [0.15, 0.2) is 0 Å². The minimum Gasteiger partial charge on any atom is -0.395 e. The van der Waals surface area contributed by atoms with E-state index in [2.05, 4.69) is 17.2 Å². The Morgan fingerprint density at radius 1 is 1.50 bits per heavy atom. The van der Waals surface area contributed by atoms with E-state index in [1.807, 2.05) is 13.1 Å². The maximum absolute atomic E-state index is 11.9. The van der Waals surface area contributed by atoms with Crippen molar-refractivity contribution in [2.45, 2.75) is 33.2 Å². The van der Waals surface area contributed by atoms with E-state index >= 15 is 0 Å². The van der Waals surface area contributed by atoms with Crippen LogP contribution in [0.3, 0.4) is 0 Å². The molecule has 1 rings (SSSR count). The molecule has 2 amide bonds. The maximum Gasteiger partial charge on any atom is 0.317 e. The van der Waals surface area contributed by atoms with Gasteiger partial charge in [-0.05, 0) is 12.8 Å². The molecular formula is C12H21N3O2S. The lowest BCUT2D eigenvalue weighted by molar-refractivity contribution is 0.177. The van der Waals surface area contributed by atoms with Crippen molar-refractivity contribution in [3.05, 3.63) is 16.1 Å². The summed E-state index contributed by atoms with van der Waals surface area (Å²) in [6.45, 7) is 5.56. The van der Waals surface area contributed by atoms with Crippen LogP contribution in [0, 0.1) is 0 Å². The number of rotatable bonds is 7. The number of aromatic nitrogens is 1. The summed E-state index contributed by atoms with van der Waals surface area (Å²) >= 11 is 1.62. The Balaban J connectivity index is 2.42. The largest absolute Gasteiger partial charge is 0.395 e. The maximum atomic E-state index is 11.9. The minimum atomic E-state index is -0.140. The molecule has 0 fully saturated rings. The zero-order valence-electron chi connectivity index (χ0n) is 11.0. The van der Waals surface area contributed by atoms with Crippen LogP contribution in [0.1, 0.15) is 30.2 Å².